The Bertz CT molecular complexity index is 303. The van der Waals surface area contributed by atoms with Crippen molar-refractivity contribution >= 4 is 10.1 Å². The molecule has 0 bridgehead atoms. The average Bonchev–Trinajstić information content (AvgIpc) is 2.23. The van der Waals surface area contributed by atoms with Gasteiger partial charge in [-0.1, -0.05) is 0 Å². The summed E-state index contributed by atoms with van der Waals surface area (Å²) in [6.45, 7) is 3.52. The second-order valence-electron chi connectivity index (χ2n) is 4.96. The summed E-state index contributed by atoms with van der Waals surface area (Å²) in [6.07, 6.45) is 1.16. The third-order valence-electron chi connectivity index (χ3n) is 2.68. The number of nitrogens with zero attached hydrogens (tertiary/aromatic N) is 1. The Balaban J connectivity index is 3.60. The molecule has 0 N–H and O–H groups in total. The van der Waals surface area contributed by atoms with Crippen molar-refractivity contribution in [2.45, 2.75) is 12.8 Å². The summed E-state index contributed by atoms with van der Waals surface area (Å²) in [4.78, 5) is 0. The third-order valence-corrected chi connectivity index (χ3v) is 3.47. The van der Waals surface area contributed by atoms with Crippen LogP contribution in [0.4, 0.5) is 0 Å². The molecule has 0 saturated carbocycles. The monoisotopic (exact) mass is 283 g/mol. The molecule has 0 aromatic rings. The molecule has 0 aliphatic carbocycles. The van der Waals surface area contributed by atoms with E-state index in [-0.39, 0.29) is 5.75 Å². The maximum atomic E-state index is 10.4. The molecule has 0 fully saturated rings. The molecular formula is C11H25NO5S. The van der Waals surface area contributed by atoms with Crippen molar-refractivity contribution in [3.63, 3.8) is 0 Å². The molecule has 0 radical (unpaired) electrons. The number of likely N-dealkylation sites (N-methyl/N-ethyl adjacent to an activating group) is 1. The summed E-state index contributed by atoms with van der Waals surface area (Å²) < 4.78 is 42.3. The fourth-order valence-electron chi connectivity index (χ4n) is 1.49. The van der Waals surface area contributed by atoms with Crippen molar-refractivity contribution in [2.75, 3.05) is 59.9 Å². The van der Waals surface area contributed by atoms with Crippen molar-refractivity contribution in [2.24, 2.45) is 0 Å². The number of unbranched alkanes of at least 4 members (excludes halogenated alkanes) is 1. The lowest BCUT2D eigenvalue weighted by atomic mass is 10.3. The van der Waals surface area contributed by atoms with E-state index in [4.69, 9.17) is 9.47 Å². The molecule has 0 aliphatic rings. The van der Waals surface area contributed by atoms with Gasteiger partial charge in [0, 0.05) is 12.9 Å². The van der Waals surface area contributed by atoms with Crippen molar-refractivity contribution in [3.05, 3.63) is 0 Å². The lowest BCUT2D eigenvalue weighted by molar-refractivity contribution is -0.890. The minimum atomic E-state index is -4.06. The quantitative estimate of drug-likeness (QED) is 0.304. The lowest BCUT2D eigenvalue weighted by Gasteiger charge is -2.29. The van der Waals surface area contributed by atoms with Gasteiger partial charge in [0.05, 0.1) is 50.6 Å². The zero-order chi connectivity index (χ0) is 14.1. The molecule has 0 spiro atoms. The van der Waals surface area contributed by atoms with Crippen LogP contribution < -0.4 is 0 Å². The minimum absolute atomic E-state index is 0.267. The molecule has 110 valence electrons. The van der Waals surface area contributed by atoms with Crippen LogP contribution in [0.1, 0.15) is 12.8 Å². The van der Waals surface area contributed by atoms with E-state index < -0.39 is 10.1 Å². The summed E-state index contributed by atoms with van der Waals surface area (Å²) in [5.74, 6) is -0.267. The Morgan fingerprint density at radius 2 is 1.72 bits per heavy atom. The normalized spacial score (nSPS) is 12.9. The van der Waals surface area contributed by atoms with Gasteiger partial charge in [-0.3, -0.25) is 0 Å². The maximum Gasteiger partial charge on any atom is 0.102 e. The third kappa shape index (κ3) is 12.3. The molecule has 0 rings (SSSR count). The minimum Gasteiger partial charge on any atom is -0.748 e. The van der Waals surface area contributed by atoms with Crippen LogP contribution in [-0.2, 0) is 19.6 Å². The van der Waals surface area contributed by atoms with Gasteiger partial charge in [-0.05, 0) is 12.8 Å². The molecule has 7 heteroatoms. The lowest BCUT2D eigenvalue weighted by Crippen LogP contribution is -2.43. The summed E-state index contributed by atoms with van der Waals surface area (Å²) in [5.41, 5.74) is 0. The van der Waals surface area contributed by atoms with Crippen LogP contribution in [0.15, 0.2) is 0 Å². The van der Waals surface area contributed by atoms with Crippen LogP contribution in [0.2, 0.25) is 0 Å². The van der Waals surface area contributed by atoms with Crippen LogP contribution in [0, 0.1) is 0 Å². The van der Waals surface area contributed by atoms with Crippen LogP contribution in [0.5, 0.6) is 0 Å². The van der Waals surface area contributed by atoms with E-state index in [1.807, 2.05) is 0 Å². The number of rotatable bonds is 11. The van der Waals surface area contributed by atoms with Crippen LogP contribution in [-0.4, -0.2) is 77.3 Å². The largest absolute Gasteiger partial charge is 0.748 e. The fourth-order valence-corrected chi connectivity index (χ4v) is 2.04. The van der Waals surface area contributed by atoms with Crippen LogP contribution in [0.25, 0.3) is 0 Å². The Morgan fingerprint density at radius 3 is 2.28 bits per heavy atom. The predicted molar refractivity (Wildman–Crippen MR) is 68.3 cm³/mol. The van der Waals surface area contributed by atoms with Gasteiger partial charge in [-0.2, -0.15) is 0 Å². The highest BCUT2D eigenvalue weighted by molar-refractivity contribution is 7.85. The topological polar surface area (TPSA) is 75.7 Å². The molecule has 0 unspecified atom stereocenters. The van der Waals surface area contributed by atoms with Gasteiger partial charge in [0.25, 0.3) is 0 Å². The first kappa shape index (κ1) is 17.8. The van der Waals surface area contributed by atoms with Gasteiger partial charge < -0.3 is 18.5 Å². The first-order chi connectivity index (χ1) is 8.27. The number of hydrogen-bond donors (Lipinski definition) is 0. The molecule has 18 heavy (non-hydrogen) atoms. The van der Waals surface area contributed by atoms with Gasteiger partial charge in [0.15, 0.2) is 0 Å². The zero-order valence-corrected chi connectivity index (χ0v) is 12.4. The molecule has 0 amide bonds. The Labute approximate surface area is 110 Å². The summed E-state index contributed by atoms with van der Waals surface area (Å²) in [6, 6.07) is 0. The van der Waals surface area contributed by atoms with Crippen LogP contribution in [0.3, 0.4) is 0 Å². The molecule has 6 nitrogen and oxygen atoms in total. The van der Waals surface area contributed by atoms with E-state index in [0.29, 0.717) is 26.2 Å². The average molecular weight is 283 g/mol. The second kappa shape index (κ2) is 8.82. The Morgan fingerprint density at radius 1 is 1.06 bits per heavy atom. The van der Waals surface area contributed by atoms with Crippen LogP contribution >= 0.6 is 0 Å². The smallest absolute Gasteiger partial charge is 0.102 e. The predicted octanol–water partition coefficient (Wildman–Crippen LogP) is 0.0512. The SMILES string of the molecule is COCCOCC[N+](C)(C)CCCCS(=O)(=O)[O-]. The molecule has 0 aromatic carbocycles. The zero-order valence-electron chi connectivity index (χ0n) is 11.6. The number of hydrogen-bond acceptors (Lipinski definition) is 5. The van der Waals surface area contributed by atoms with Crippen molar-refractivity contribution in [1.82, 2.24) is 0 Å². The van der Waals surface area contributed by atoms with E-state index in [0.717, 1.165) is 24.0 Å². The van der Waals surface area contributed by atoms with E-state index in [2.05, 4.69) is 14.1 Å². The Hall–Kier alpha value is -0.210. The highest BCUT2D eigenvalue weighted by Crippen LogP contribution is 2.03. The molecule has 0 aliphatic heterocycles. The fraction of sp³-hybridized carbons (Fsp3) is 1.00. The summed E-state index contributed by atoms with van der Waals surface area (Å²) in [7, 11) is 1.69. The second-order valence-corrected chi connectivity index (χ2v) is 6.48. The van der Waals surface area contributed by atoms with E-state index in [9.17, 15) is 13.0 Å². The first-order valence-corrected chi connectivity index (χ1v) is 7.67. The molecule has 0 aromatic heterocycles. The van der Waals surface area contributed by atoms with Gasteiger partial charge in [-0.25, -0.2) is 8.42 Å². The van der Waals surface area contributed by atoms with Gasteiger partial charge >= 0.3 is 0 Å². The highest BCUT2D eigenvalue weighted by Gasteiger charge is 2.14. The first-order valence-electron chi connectivity index (χ1n) is 6.09. The maximum absolute atomic E-state index is 10.4. The molecule has 0 atom stereocenters. The van der Waals surface area contributed by atoms with E-state index in [1.165, 1.54) is 0 Å². The highest BCUT2D eigenvalue weighted by atomic mass is 32.2. The van der Waals surface area contributed by atoms with Gasteiger partial charge in [0.2, 0.25) is 0 Å². The number of quaternary nitrogens is 1. The standard InChI is InChI=1S/C11H25NO5S/c1-12(2,7-8-17-10-9-16-3)6-4-5-11-18(13,14)15/h4-11H2,1-3H3. The molecular weight excluding hydrogens is 258 g/mol. The summed E-state index contributed by atoms with van der Waals surface area (Å²) in [5, 5.41) is 0. The molecule has 0 heterocycles. The van der Waals surface area contributed by atoms with Crippen molar-refractivity contribution in [1.29, 1.82) is 0 Å². The van der Waals surface area contributed by atoms with Gasteiger partial charge in [0.1, 0.15) is 6.54 Å². The van der Waals surface area contributed by atoms with Crippen molar-refractivity contribution < 1.29 is 26.9 Å². The van der Waals surface area contributed by atoms with E-state index >= 15 is 0 Å². The Kier molecular flexibility index (Phi) is 8.71. The van der Waals surface area contributed by atoms with E-state index in [1.54, 1.807) is 7.11 Å². The number of ether oxygens (including phenoxy) is 2. The van der Waals surface area contributed by atoms with Crippen molar-refractivity contribution in [3.8, 4) is 0 Å². The van der Waals surface area contributed by atoms with Gasteiger partial charge in [-0.15, -0.1) is 0 Å². The number of methoxy groups -OCH3 is 1. The molecule has 0 saturated heterocycles. The summed E-state index contributed by atoms with van der Waals surface area (Å²) >= 11 is 0.